The molecule has 1 aliphatic heterocycles. The Kier molecular flexibility index (Phi) is 4.99. The molecule has 1 aromatic rings. The standard InChI is InChI=1S/C17H24N2/c1-2-17(15-18,14-16-10-6-5-7-11-16)19-12-8-3-4-9-13-19/h5-7,10-11H,2-4,8-9,12-14H2,1H3. The summed E-state index contributed by atoms with van der Waals surface area (Å²) < 4.78 is 0. The van der Waals surface area contributed by atoms with Gasteiger partial charge < -0.3 is 0 Å². The van der Waals surface area contributed by atoms with Gasteiger partial charge in [0.05, 0.1) is 6.07 Å². The first-order valence-electron chi connectivity index (χ1n) is 7.51. The summed E-state index contributed by atoms with van der Waals surface area (Å²) >= 11 is 0. The van der Waals surface area contributed by atoms with Crippen LogP contribution < -0.4 is 0 Å². The van der Waals surface area contributed by atoms with Crippen molar-refractivity contribution in [1.29, 1.82) is 5.26 Å². The molecule has 0 saturated carbocycles. The van der Waals surface area contributed by atoms with Gasteiger partial charge in [-0.3, -0.25) is 4.90 Å². The number of rotatable bonds is 4. The molecular weight excluding hydrogens is 232 g/mol. The second-order valence-electron chi connectivity index (χ2n) is 5.56. The Morgan fingerprint density at radius 2 is 1.74 bits per heavy atom. The highest BCUT2D eigenvalue weighted by atomic mass is 15.2. The maximum atomic E-state index is 9.79. The van der Waals surface area contributed by atoms with Crippen molar-refractivity contribution in [3.63, 3.8) is 0 Å². The van der Waals surface area contributed by atoms with Crippen molar-refractivity contribution in [1.82, 2.24) is 4.90 Å². The SMILES string of the molecule is CCC(C#N)(Cc1ccccc1)N1CCCCCC1. The van der Waals surface area contributed by atoms with E-state index in [-0.39, 0.29) is 5.54 Å². The Hall–Kier alpha value is -1.33. The highest BCUT2D eigenvalue weighted by molar-refractivity contribution is 5.22. The largest absolute Gasteiger partial charge is 0.285 e. The number of hydrogen-bond donors (Lipinski definition) is 0. The van der Waals surface area contributed by atoms with Crippen LogP contribution in [-0.2, 0) is 6.42 Å². The van der Waals surface area contributed by atoms with E-state index in [0.717, 1.165) is 25.9 Å². The summed E-state index contributed by atoms with van der Waals surface area (Å²) in [6.07, 6.45) is 6.84. The number of nitrogens with zero attached hydrogens (tertiary/aromatic N) is 2. The lowest BCUT2D eigenvalue weighted by Gasteiger charge is -2.38. The molecule has 1 fully saturated rings. The summed E-state index contributed by atoms with van der Waals surface area (Å²) in [7, 11) is 0. The highest BCUT2D eigenvalue weighted by Gasteiger charge is 2.35. The smallest absolute Gasteiger partial charge is 0.113 e. The third kappa shape index (κ3) is 3.36. The summed E-state index contributed by atoms with van der Waals surface area (Å²) in [6.45, 7) is 4.31. The predicted molar refractivity (Wildman–Crippen MR) is 78.8 cm³/mol. The van der Waals surface area contributed by atoms with E-state index in [1.54, 1.807) is 0 Å². The molecule has 1 saturated heterocycles. The van der Waals surface area contributed by atoms with Crippen LogP contribution in [0.1, 0.15) is 44.6 Å². The average Bonchev–Trinajstić information content (AvgIpc) is 2.75. The Morgan fingerprint density at radius 3 is 2.26 bits per heavy atom. The molecule has 0 aliphatic carbocycles. The lowest BCUT2D eigenvalue weighted by molar-refractivity contribution is 0.136. The first kappa shape index (κ1) is 14.1. The predicted octanol–water partition coefficient (Wildman–Crippen LogP) is 3.78. The topological polar surface area (TPSA) is 27.0 Å². The molecule has 1 aliphatic rings. The third-order valence-electron chi connectivity index (χ3n) is 4.34. The van der Waals surface area contributed by atoms with Crippen LogP contribution in [-0.4, -0.2) is 23.5 Å². The Bertz CT molecular complexity index is 413. The molecule has 2 rings (SSSR count). The molecule has 2 nitrogen and oxygen atoms in total. The van der Waals surface area contributed by atoms with Crippen LogP contribution in [0.2, 0.25) is 0 Å². The molecule has 0 aromatic heterocycles. The molecule has 1 atom stereocenters. The maximum absolute atomic E-state index is 9.79. The minimum atomic E-state index is -0.314. The Balaban J connectivity index is 2.19. The van der Waals surface area contributed by atoms with Crippen LogP contribution in [0, 0.1) is 11.3 Å². The normalized spacial score (nSPS) is 20.2. The van der Waals surface area contributed by atoms with Gasteiger partial charge >= 0.3 is 0 Å². The average molecular weight is 256 g/mol. The van der Waals surface area contributed by atoms with Gasteiger partial charge in [0.1, 0.15) is 5.54 Å². The van der Waals surface area contributed by atoms with Crippen LogP contribution in [0.25, 0.3) is 0 Å². The first-order valence-corrected chi connectivity index (χ1v) is 7.51. The lowest BCUT2D eigenvalue weighted by Crippen LogP contribution is -2.49. The number of nitriles is 1. The van der Waals surface area contributed by atoms with Crippen molar-refractivity contribution >= 4 is 0 Å². The van der Waals surface area contributed by atoms with Crippen LogP contribution >= 0.6 is 0 Å². The van der Waals surface area contributed by atoms with Crippen molar-refractivity contribution < 1.29 is 0 Å². The van der Waals surface area contributed by atoms with Gasteiger partial charge in [0, 0.05) is 6.42 Å². The van der Waals surface area contributed by atoms with E-state index in [1.807, 2.05) is 6.07 Å². The van der Waals surface area contributed by atoms with Gasteiger partial charge in [0.25, 0.3) is 0 Å². The number of benzene rings is 1. The van der Waals surface area contributed by atoms with E-state index in [9.17, 15) is 5.26 Å². The van der Waals surface area contributed by atoms with E-state index in [0.29, 0.717) is 0 Å². The second-order valence-corrected chi connectivity index (χ2v) is 5.56. The molecular formula is C17H24N2. The summed E-state index contributed by atoms with van der Waals surface area (Å²) in [5.74, 6) is 0. The molecule has 0 radical (unpaired) electrons. The monoisotopic (exact) mass is 256 g/mol. The number of hydrogen-bond acceptors (Lipinski definition) is 2. The molecule has 1 unspecified atom stereocenters. The van der Waals surface area contributed by atoms with Crippen LogP contribution in [0.5, 0.6) is 0 Å². The first-order chi connectivity index (χ1) is 9.30. The zero-order valence-electron chi connectivity index (χ0n) is 11.9. The highest BCUT2D eigenvalue weighted by Crippen LogP contribution is 2.27. The van der Waals surface area contributed by atoms with Crippen LogP contribution in [0.4, 0.5) is 0 Å². The fraction of sp³-hybridized carbons (Fsp3) is 0.588. The molecule has 19 heavy (non-hydrogen) atoms. The van der Waals surface area contributed by atoms with Crippen molar-refractivity contribution in [2.45, 2.75) is 51.0 Å². The molecule has 0 bridgehead atoms. The van der Waals surface area contributed by atoms with Crippen molar-refractivity contribution in [3.8, 4) is 6.07 Å². The van der Waals surface area contributed by atoms with E-state index in [2.05, 4.69) is 42.2 Å². The molecule has 2 heteroatoms. The van der Waals surface area contributed by atoms with E-state index in [4.69, 9.17) is 0 Å². The minimum absolute atomic E-state index is 0.314. The van der Waals surface area contributed by atoms with Gasteiger partial charge in [-0.2, -0.15) is 5.26 Å². The summed E-state index contributed by atoms with van der Waals surface area (Å²) in [5.41, 5.74) is 0.959. The molecule has 1 aromatic carbocycles. The zero-order chi connectivity index (χ0) is 13.6. The van der Waals surface area contributed by atoms with Gasteiger partial charge in [-0.25, -0.2) is 0 Å². The lowest BCUT2D eigenvalue weighted by atomic mass is 9.87. The summed E-state index contributed by atoms with van der Waals surface area (Å²) in [5, 5.41) is 9.79. The van der Waals surface area contributed by atoms with Gasteiger partial charge in [0.2, 0.25) is 0 Å². The number of likely N-dealkylation sites (tertiary alicyclic amines) is 1. The quantitative estimate of drug-likeness (QED) is 0.819. The maximum Gasteiger partial charge on any atom is 0.113 e. The molecule has 0 N–H and O–H groups in total. The van der Waals surface area contributed by atoms with Gasteiger partial charge in [-0.1, -0.05) is 50.1 Å². The van der Waals surface area contributed by atoms with Gasteiger partial charge in [-0.05, 0) is 37.9 Å². The molecule has 0 spiro atoms. The second kappa shape index (κ2) is 6.73. The summed E-state index contributed by atoms with van der Waals surface area (Å²) in [6, 6.07) is 13.1. The van der Waals surface area contributed by atoms with E-state index >= 15 is 0 Å². The minimum Gasteiger partial charge on any atom is -0.285 e. The Labute approximate surface area is 117 Å². The van der Waals surface area contributed by atoms with E-state index in [1.165, 1.54) is 31.2 Å². The summed E-state index contributed by atoms with van der Waals surface area (Å²) in [4.78, 5) is 2.44. The third-order valence-corrected chi connectivity index (χ3v) is 4.34. The molecule has 0 amide bonds. The van der Waals surface area contributed by atoms with E-state index < -0.39 is 0 Å². The van der Waals surface area contributed by atoms with Crippen molar-refractivity contribution in [3.05, 3.63) is 35.9 Å². The van der Waals surface area contributed by atoms with Gasteiger partial charge in [-0.15, -0.1) is 0 Å². The van der Waals surface area contributed by atoms with Crippen molar-refractivity contribution in [2.24, 2.45) is 0 Å². The zero-order valence-corrected chi connectivity index (χ0v) is 11.9. The van der Waals surface area contributed by atoms with Crippen molar-refractivity contribution in [2.75, 3.05) is 13.1 Å². The van der Waals surface area contributed by atoms with Gasteiger partial charge in [0.15, 0.2) is 0 Å². The van der Waals surface area contributed by atoms with Crippen LogP contribution in [0.15, 0.2) is 30.3 Å². The molecule has 1 heterocycles. The fourth-order valence-corrected chi connectivity index (χ4v) is 3.08. The van der Waals surface area contributed by atoms with Crippen LogP contribution in [0.3, 0.4) is 0 Å². The molecule has 102 valence electrons. The fourth-order valence-electron chi connectivity index (χ4n) is 3.08. The Morgan fingerprint density at radius 1 is 1.11 bits per heavy atom.